The van der Waals surface area contributed by atoms with Crippen LogP contribution in [0.5, 0.6) is 0 Å². The van der Waals surface area contributed by atoms with Crippen LogP contribution in [0.25, 0.3) is 22.1 Å². The molecule has 0 bridgehead atoms. The van der Waals surface area contributed by atoms with E-state index in [0.29, 0.717) is 46.9 Å². The van der Waals surface area contributed by atoms with E-state index in [1.165, 1.54) is 4.57 Å². The molecular weight excluding hydrogens is 758 g/mol. The van der Waals surface area contributed by atoms with E-state index in [9.17, 15) is 23.4 Å². The summed E-state index contributed by atoms with van der Waals surface area (Å²) >= 11 is 6.16. The first-order valence-electron chi connectivity index (χ1n) is 19.3. The topological polar surface area (TPSA) is 183 Å². The molecule has 18 heteroatoms. The van der Waals surface area contributed by atoms with Crippen molar-refractivity contribution >= 4 is 68.1 Å². The van der Waals surface area contributed by atoms with Crippen molar-refractivity contribution in [2.45, 2.75) is 101 Å². The van der Waals surface area contributed by atoms with Gasteiger partial charge in [-0.05, 0) is 64.2 Å². The van der Waals surface area contributed by atoms with E-state index < -0.39 is 22.9 Å². The van der Waals surface area contributed by atoms with Gasteiger partial charge in [0.1, 0.15) is 27.7 Å². The molecule has 0 saturated carbocycles. The van der Waals surface area contributed by atoms with E-state index in [-0.39, 0.29) is 40.7 Å². The Labute approximate surface area is 331 Å². The van der Waals surface area contributed by atoms with Gasteiger partial charge in [-0.1, -0.05) is 36.9 Å². The zero-order chi connectivity index (χ0) is 39.5. The Balaban J connectivity index is 0.822. The number of amides is 2. The maximum atomic E-state index is 13.4. The van der Waals surface area contributed by atoms with Crippen LogP contribution in [0, 0.1) is 0 Å². The summed E-state index contributed by atoms with van der Waals surface area (Å²) in [6, 6.07) is 6.53. The first kappa shape index (κ1) is 39.4. The van der Waals surface area contributed by atoms with Gasteiger partial charge in [0.25, 0.3) is 5.56 Å². The Morgan fingerprint density at radius 1 is 1.02 bits per heavy atom. The predicted octanol–water partition coefficient (Wildman–Crippen LogP) is 4.52. The summed E-state index contributed by atoms with van der Waals surface area (Å²) in [6.07, 6.45) is 12.4. The number of rotatable bonds is 15. The van der Waals surface area contributed by atoms with Crippen molar-refractivity contribution < 1.29 is 13.8 Å². The van der Waals surface area contributed by atoms with Crippen molar-refractivity contribution in [3.63, 3.8) is 0 Å². The van der Waals surface area contributed by atoms with Gasteiger partial charge in [0.15, 0.2) is 0 Å². The number of hydrogen-bond acceptors (Lipinski definition) is 10. The summed E-state index contributed by atoms with van der Waals surface area (Å²) in [5, 5.41) is 14.6. The van der Waals surface area contributed by atoms with Crippen molar-refractivity contribution in [3.8, 4) is 0 Å². The van der Waals surface area contributed by atoms with E-state index in [1.54, 1.807) is 34.6 Å². The highest BCUT2D eigenvalue weighted by molar-refractivity contribution is 7.82. The van der Waals surface area contributed by atoms with Gasteiger partial charge < -0.3 is 10.6 Å². The Bertz CT molecular complexity index is 2390. The number of imidazole rings is 1. The summed E-state index contributed by atoms with van der Waals surface area (Å²) in [7, 11) is 0.401. The van der Waals surface area contributed by atoms with Gasteiger partial charge in [0.05, 0.1) is 27.8 Å². The Hall–Kier alpha value is -4.87. The number of carbonyl (C=O) groups excluding carboxylic acids is 2. The smallest absolute Gasteiger partial charge is 0.329 e. The summed E-state index contributed by atoms with van der Waals surface area (Å²) in [5.41, 5.74) is 2.23. The van der Waals surface area contributed by atoms with Crippen LogP contribution in [0.3, 0.4) is 0 Å². The second-order valence-corrected chi connectivity index (χ2v) is 16.7. The van der Waals surface area contributed by atoms with Gasteiger partial charge in [-0.15, -0.1) is 0 Å². The molecule has 6 heterocycles. The maximum absolute atomic E-state index is 13.4. The quantitative estimate of drug-likeness (QED) is 0.101. The van der Waals surface area contributed by atoms with Crippen LogP contribution in [0.1, 0.15) is 83.7 Å². The number of piperidine rings is 2. The minimum atomic E-state index is -1.30. The van der Waals surface area contributed by atoms with Gasteiger partial charge in [0.2, 0.25) is 17.8 Å². The van der Waals surface area contributed by atoms with E-state index in [1.807, 2.05) is 47.2 Å². The number of para-hydroxylation sites is 1. The highest BCUT2D eigenvalue weighted by Gasteiger charge is 2.32. The van der Waals surface area contributed by atoms with Crippen molar-refractivity contribution in [2.24, 2.45) is 7.05 Å². The number of aryl methyl sites for hydroxylation is 2. The molecule has 4 aromatic heterocycles. The number of imide groups is 1. The third-order valence-electron chi connectivity index (χ3n) is 10.6. The lowest BCUT2D eigenvalue weighted by Crippen LogP contribution is -2.44. The molecule has 0 aliphatic carbocycles. The van der Waals surface area contributed by atoms with Crippen molar-refractivity contribution in [2.75, 3.05) is 30.3 Å². The second-order valence-electron chi connectivity index (χ2n) is 14.8. The minimum Gasteiger partial charge on any atom is -0.383 e. The molecule has 2 aliphatic rings. The van der Waals surface area contributed by atoms with E-state index in [4.69, 9.17) is 11.6 Å². The van der Waals surface area contributed by atoms with Crippen LogP contribution in [-0.2, 0) is 34.2 Å². The van der Waals surface area contributed by atoms with Gasteiger partial charge in [-0.25, -0.2) is 18.3 Å². The molecule has 16 nitrogen and oxygen atoms in total. The van der Waals surface area contributed by atoms with E-state index in [0.717, 1.165) is 69.2 Å². The Morgan fingerprint density at radius 3 is 2.55 bits per heavy atom. The summed E-state index contributed by atoms with van der Waals surface area (Å²) in [5.74, 6) is -0.301. The number of pyridine rings is 1. The average molecular weight is 806 g/mol. The maximum Gasteiger partial charge on any atom is 0.329 e. The Morgan fingerprint density at radius 2 is 1.79 bits per heavy atom. The van der Waals surface area contributed by atoms with E-state index >= 15 is 0 Å². The van der Waals surface area contributed by atoms with Gasteiger partial charge in [-0.3, -0.25) is 38.1 Å². The van der Waals surface area contributed by atoms with Crippen molar-refractivity contribution in [1.29, 1.82) is 0 Å². The number of hydrogen-bond donors (Lipinski definition) is 3. The van der Waals surface area contributed by atoms with Crippen molar-refractivity contribution in [1.82, 2.24) is 43.1 Å². The normalized spacial score (nSPS) is 17.6. The molecule has 56 heavy (non-hydrogen) atoms. The third kappa shape index (κ3) is 8.30. The monoisotopic (exact) mass is 805 g/mol. The molecule has 0 radical (unpaired) electrons. The second kappa shape index (κ2) is 17.1. The van der Waals surface area contributed by atoms with E-state index in [2.05, 4.69) is 31.0 Å². The number of carbonyl (C=O) groups is 2. The first-order valence-corrected chi connectivity index (χ1v) is 20.8. The lowest BCUT2D eigenvalue weighted by Gasteiger charge is -2.31. The lowest BCUT2D eigenvalue weighted by atomic mass is 10.1. The molecule has 2 unspecified atom stereocenters. The number of nitrogens with one attached hydrogen (secondary N) is 3. The van der Waals surface area contributed by atoms with Crippen LogP contribution in [0.4, 0.5) is 11.6 Å². The van der Waals surface area contributed by atoms with Crippen LogP contribution < -0.4 is 27.2 Å². The van der Waals surface area contributed by atoms with Gasteiger partial charge in [0, 0.05) is 69.5 Å². The molecule has 1 aromatic carbocycles. The molecule has 2 fully saturated rings. The molecule has 3 N–H and O–H groups in total. The molecule has 2 saturated heterocycles. The number of halogens is 1. The predicted molar refractivity (Wildman–Crippen MR) is 216 cm³/mol. The molecule has 2 amide bonds. The standard InChI is InChI=1S/C38H48ClN11O5S/c1-24(2)49-34-25(20-28(39)36(49)53)21-41-37(45-34)43-26-14-18-48(19-15-26)56(55)27-22-42-47(23-27)17-8-6-4-5-7-16-40-29-10-9-11-30-33(29)46(3)38(54)50(30)31-12-13-32(51)44-35(31)52/h9-11,20-24,26,31,40H,4-8,12-19H2,1-3H3,(H,41,43,45)(H,44,51,52). The van der Waals surface area contributed by atoms with Crippen LogP contribution in [0.15, 0.2) is 57.3 Å². The zero-order valence-electron chi connectivity index (χ0n) is 31.9. The summed E-state index contributed by atoms with van der Waals surface area (Å²) in [4.78, 5) is 59.9. The van der Waals surface area contributed by atoms with Crippen LogP contribution >= 0.6 is 11.6 Å². The fraction of sp³-hybridized carbons (Fsp3) is 0.500. The highest BCUT2D eigenvalue weighted by Crippen LogP contribution is 2.28. The number of nitrogens with zero attached hydrogens (tertiary/aromatic N) is 8. The largest absolute Gasteiger partial charge is 0.383 e. The van der Waals surface area contributed by atoms with Gasteiger partial charge in [-0.2, -0.15) is 10.1 Å². The minimum absolute atomic E-state index is 0.106. The number of benzene rings is 1. The number of aromatic nitrogens is 7. The molecule has 5 aromatic rings. The molecular formula is C38H48ClN11O5S. The van der Waals surface area contributed by atoms with Crippen LogP contribution in [-0.4, -0.2) is 79.5 Å². The SMILES string of the molecule is CC(C)n1c(=O)c(Cl)cc2cnc(NC3CCN(S(=O)c4cnn(CCCCCCCNc5cccc6c5n(C)c(=O)n6C5CCC(=O)NC5=O)c4)CC3)nc21. The van der Waals surface area contributed by atoms with Gasteiger partial charge >= 0.3 is 5.69 Å². The average Bonchev–Trinajstić information content (AvgIpc) is 3.75. The molecule has 0 spiro atoms. The molecule has 298 valence electrons. The number of fused-ring (bicyclic) bond motifs is 2. The fourth-order valence-corrected chi connectivity index (χ4v) is 9.05. The summed E-state index contributed by atoms with van der Waals surface area (Å²) in [6.45, 7) is 6.62. The molecule has 2 aliphatic heterocycles. The Kier molecular flexibility index (Phi) is 12.0. The fourth-order valence-electron chi connectivity index (χ4n) is 7.65. The zero-order valence-corrected chi connectivity index (χ0v) is 33.4. The number of unbranched alkanes of at least 4 members (excludes halogenated alkanes) is 4. The molecule has 7 rings (SSSR count). The van der Waals surface area contributed by atoms with Crippen molar-refractivity contribution in [3.05, 3.63) is 68.7 Å². The highest BCUT2D eigenvalue weighted by atomic mass is 35.5. The molecule has 2 atom stereocenters. The third-order valence-corrected chi connectivity index (χ3v) is 12.3. The lowest BCUT2D eigenvalue weighted by molar-refractivity contribution is -0.135. The number of anilines is 2. The summed E-state index contributed by atoms with van der Waals surface area (Å²) < 4.78 is 21.9. The first-order chi connectivity index (χ1) is 27.0. The van der Waals surface area contributed by atoms with Crippen LogP contribution in [0.2, 0.25) is 5.02 Å².